The van der Waals surface area contributed by atoms with Crippen LogP contribution in [0.3, 0.4) is 0 Å². The van der Waals surface area contributed by atoms with Gasteiger partial charge in [0.05, 0.1) is 16.7 Å². The van der Waals surface area contributed by atoms with Crippen LogP contribution in [0.5, 0.6) is 11.5 Å². The van der Waals surface area contributed by atoms with Crippen molar-refractivity contribution in [2.75, 3.05) is 39.9 Å². The number of carboxylic acids is 1. The molecule has 1 aliphatic carbocycles. The van der Waals surface area contributed by atoms with Crippen LogP contribution < -0.4 is 9.47 Å². The summed E-state index contributed by atoms with van der Waals surface area (Å²) in [5, 5.41) is 29.3. The Morgan fingerprint density at radius 3 is 2.67 bits per heavy atom. The number of β-amino-alcohol motifs (C(OH)–C–C–N with tert-alkyl or cyclic N) is 1. The van der Waals surface area contributed by atoms with Gasteiger partial charge in [-0.1, -0.05) is 67.9 Å². The van der Waals surface area contributed by atoms with Crippen LogP contribution in [0.1, 0.15) is 55.9 Å². The van der Waals surface area contributed by atoms with Gasteiger partial charge in [0, 0.05) is 67.8 Å². The molecule has 5 rings (SSSR count). The smallest absolute Gasteiger partial charge is 0.320 e. The lowest BCUT2D eigenvalue weighted by molar-refractivity contribution is -0.142. The van der Waals surface area contributed by atoms with E-state index in [2.05, 4.69) is 54.1 Å². The molecule has 2 unspecified atom stereocenters. The summed E-state index contributed by atoms with van der Waals surface area (Å²) in [6.45, 7) is 9.34. The molecule has 3 aromatic rings. The molecular weight excluding hydrogens is 668 g/mol. The van der Waals surface area contributed by atoms with Crippen LogP contribution in [0.2, 0.25) is 5.02 Å². The Labute approximate surface area is 305 Å². The van der Waals surface area contributed by atoms with Gasteiger partial charge in [-0.2, -0.15) is 5.26 Å². The lowest BCUT2D eigenvalue weighted by Crippen LogP contribution is -2.52. The predicted molar refractivity (Wildman–Crippen MR) is 196 cm³/mol. The minimum atomic E-state index is -0.944. The Morgan fingerprint density at radius 2 is 1.96 bits per heavy atom. The zero-order chi connectivity index (χ0) is 36.6. The maximum atomic E-state index is 11.7. The number of likely N-dealkylation sites (N-methyl/N-ethyl adjacent to an activating group) is 1. The highest BCUT2D eigenvalue weighted by atomic mass is 35.5. The Balaban J connectivity index is 1.42. The highest BCUT2D eigenvalue weighted by Gasteiger charge is 2.49. The summed E-state index contributed by atoms with van der Waals surface area (Å²) in [6.07, 6.45) is 10.7. The molecule has 2 aromatic carbocycles. The molecule has 1 aromatic heterocycles. The van der Waals surface area contributed by atoms with E-state index >= 15 is 0 Å². The van der Waals surface area contributed by atoms with Crippen molar-refractivity contribution in [3.63, 3.8) is 0 Å². The van der Waals surface area contributed by atoms with Crippen molar-refractivity contribution in [2.24, 2.45) is 5.41 Å². The van der Waals surface area contributed by atoms with Gasteiger partial charge in [0.15, 0.2) is 0 Å². The summed E-state index contributed by atoms with van der Waals surface area (Å²) in [6, 6.07) is 16.8. The first-order chi connectivity index (χ1) is 24.4. The molecule has 0 radical (unpaired) electrons. The predicted octanol–water partition coefficient (Wildman–Crippen LogP) is 6.36. The van der Waals surface area contributed by atoms with E-state index in [1.807, 2.05) is 24.3 Å². The maximum Gasteiger partial charge on any atom is 0.320 e. The molecule has 51 heavy (non-hydrogen) atoms. The number of carbonyl (C=O) groups is 1. The molecule has 0 bridgehead atoms. The fourth-order valence-electron chi connectivity index (χ4n) is 6.59. The summed E-state index contributed by atoms with van der Waals surface area (Å²) >= 11 is 6.90. The van der Waals surface area contributed by atoms with E-state index in [1.165, 1.54) is 6.20 Å². The normalized spacial score (nSPS) is 20.5. The van der Waals surface area contributed by atoms with Crippen molar-refractivity contribution in [3.05, 3.63) is 106 Å². The van der Waals surface area contributed by atoms with E-state index < -0.39 is 23.0 Å². The monoisotopic (exact) mass is 714 g/mol. The van der Waals surface area contributed by atoms with Crippen LogP contribution in [0.15, 0.2) is 79.2 Å². The number of rotatable bonds is 16. The SMILES string of the molecule is CC(C(=O)O)N(C)Cc1cc(Cl)c(OCC2(OCCCN3CC[C@@H](O)C3)C=CC=C(c3ccccc3)C2(C)C)cc1OCc1cncc(C#N)c1. The Bertz CT molecular complexity index is 1770. The first kappa shape index (κ1) is 38.0. The first-order valence-corrected chi connectivity index (χ1v) is 17.6. The number of benzene rings is 2. The molecule has 270 valence electrons. The molecule has 11 heteroatoms. The van der Waals surface area contributed by atoms with Crippen molar-refractivity contribution in [2.45, 2.75) is 64.5 Å². The lowest BCUT2D eigenvalue weighted by Gasteiger charge is -2.47. The number of hydrogen-bond acceptors (Lipinski definition) is 9. The number of pyridine rings is 1. The number of nitriles is 1. The van der Waals surface area contributed by atoms with Crippen molar-refractivity contribution < 1.29 is 29.2 Å². The molecule has 0 saturated carbocycles. The molecule has 0 spiro atoms. The summed E-state index contributed by atoms with van der Waals surface area (Å²) in [5.41, 5.74) is 2.62. The first-order valence-electron chi connectivity index (χ1n) is 17.3. The van der Waals surface area contributed by atoms with Crippen LogP contribution in [0.25, 0.3) is 5.57 Å². The number of aliphatic hydroxyl groups excluding tert-OH is 1. The quantitative estimate of drug-likeness (QED) is 0.162. The molecule has 2 aliphatic rings. The summed E-state index contributed by atoms with van der Waals surface area (Å²) in [5.74, 6) is -0.0876. The largest absolute Gasteiger partial charge is 0.488 e. The van der Waals surface area contributed by atoms with E-state index in [-0.39, 0.29) is 25.9 Å². The number of nitrogens with zero attached hydrogens (tertiary/aromatic N) is 4. The highest BCUT2D eigenvalue weighted by molar-refractivity contribution is 6.32. The van der Waals surface area contributed by atoms with Gasteiger partial charge in [0.25, 0.3) is 0 Å². The number of hydrogen-bond donors (Lipinski definition) is 2. The van der Waals surface area contributed by atoms with Crippen LogP contribution in [-0.2, 0) is 22.7 Å². The van der Waals surface area contributed by atoms with Gasteiger partial charge in [-0.05, 0) is 56.2 Å². The molecule has 10 nitrogen and oxygen atoms in total. The number of allylic oxidation sites excluding steroid dienone is 2. The lowest BCUT2D eigenvalue weighted by atomic mass is 9.65. The van der Waals surface area contributed by atoms with Crippen LogP contribution in [0, 0.1) is 16.7 Å². The fraction of sp³-hybridized carbons (Fsp3) is 0.425. The third-order valence-electron chi connectivity index (χ3n) is 9.98. The van der Waals surface area contributed by atoms with Gasteiger partial charge < -0.3 is 29.3 Å². The number of aliphatic carboxylic acids is 1. The van der Waals surface area contributed by atoms with Crippen molar-refractivity contribution in [1.82, 2.24) is 14.8 Å². The molecule has 2 N–H and O–H groups in total. The fourth-order valence-corrected chi connectivity index (χ4v) is 6.83. The number of ether oxygens (including phenoxy) is 3. The van der Waals surface area contributed by atoms with Crippen LogP contribution in [-0.4, -0.2) is 88.6 Å². The molecule has 2 heterocycles. The van der Waals surface area contributed by atoms with E-state index in [1.54, 1.807) is 43.3 Å². The second-order valence-corrected chi connectivity index (χ2v) is 14.3. The molecule has 3 atom stereocenters. The zero-order valence-corrected chi connectivity index (χ0v) is 30.5. The standard InChI is InChI=1S/C40H47ClN4O6/c1-28(38(47)48)44(4)24-32-19-35(41)37(20-36(32)49-26-30-18-29(21-42)22-43-23-30)50-27-40(51-17-9-15-45-16-13-33(46)25-45)14-8-12-34(39(40,2)3)31-10-6-5-7-11-31/h5-8,10-12,14,18-20,22-23,28,33,46H,9,13,15-17,24-27H2,1-4H3,(H,47,48)/t28?,33-,40?/m1/s1. The molecule has 1 saturated heterocycles. The summed E-state index contributed by atoms with van der Waals surface area (Å²) in [7, 11) is 1.73. The second-order valence-electron chi connectivity index (χ2n) is 13.9. The van der Waals surface area contributed by atoms with Crippen LogP contribution >= 0.6 is 11.6 Å². The van der Waals surface area contributed by atoms with Gasteiger partial charge in [-0.15, -0.1) is 0 Å². The average Bonchev–Trinajstić information content (AvgIpc) is 3.54. The number of aliphatic hydroxyl groups is 1. The summed E-state index contributed by atoms with van der Waals surface area (Å²) < 4.78 is 19.7. The average molecular weight is 715 g/mol. The van der Waals surface area contributed by atoms with Gasteiger partial charge in [-0.25, -0.2) is 0 Å². The topological polar surface area (TPSA) is 128 Å². The zero-order valence-electron chi connectivity index (χ0n) is 29.7. The van der Waals surface area contributed by atoms with E-state index in [0.717, 1.165) is 37.1 Å². The number of aromatic nitrogens is 1. The van der Waals surface area contributed by atoms with E-state index in [4.69, 9.17) is 25.8 Å². The minimum absolute atomic E-state index is 0.122. The van der Waals surface area contributed by atoms with E-state index in [0.29, 0.717) is 46.4 Å². The van der Waals surface area contributed by atoms with Gasteiger partial charge in [0.1, 0.15) is 42.4 Å². The van der Waals surface area contributed by atoms with Crippen molar-refractivity contribution >= 4 is 23.1 Å². The number of likely N-dealkylation sites (tertiary alicyclic amines) is 1. The van der Waals surface area contributed by atoms with Crippen molar-refractivity contribution in [1.29, 1.82) is 5.26 Å². The third kappa shape index (κ3) is 9.17. The Hall–Kier alpha value is -4.24. The maximum absolute atomic E-state index is 11.7. The number of carboxylic acid groups (broad SMARTS) is 1. The van der Waals surface area contributed by atoms with Crippen molar-refractivity contribution in [3.8, 4) is 17.6 Å². The van der Waals surface area contributed by atoms with Gasteiger partial charge in [-0.3, -0.25) is 14.7 Å². The summed E-state index contributed by atoms with van der Waals surface area (Å²) in [4.78, 5) is 19.8. The molecule has 1 fully saturated rings. The Morgan fingerprint density at radius 1 is 1.18 bits per heavy atom. The van der Waals surface area contributed by atoms with Gasteiger partial charge in [0.2, 0.25) is 0 Å². The highest BCUT2D eigenvalue weighted by Crippen LogP contribution is 2.49. The Kier molecular flexibility index (Phi) is 12.6. The second kappa shape index (κ2) is 16.9. The van der Waals surface area contributed by atoms with E-state index in [9.17, 15) is 20.3 Å². The van der Waals surface area contributed by atoms with Gasteiger partial charge >= 0.3 is 5.97 Å². The molecular formula is C40H47ClN4O6. The van der Waals surface area contributed by atoms with Crippen LogP contribution in [0.4, 0.5) is 0 Å². The third-order valence-corrected chi connectivity index (χ3v) is 10.3. The minimum Gasteiger partial charge on any atom is -0.488 e. The molecule has 0 amide bonds. The number of halogens is 1. The molecule has 1 aliphatic heterocycles.